The molecule has 11 nitrogen and oxygen atoms in total. The number of aromatic hydroxyl groups is 1. The Kier molecular flexibility index (Phi) is 9.34. The van der Waals surface area contributed by atoms with Crippen molar-refractivity contribution in [3.8, 4) is 5.75 Å². The van der Waals surface area contributed by atoms with E-state index in [2.05, 4.69) is 10.6 Å². The maximum Gasteiger partial charge on any atom is 0.238 e. The molecule has 3 aliphatic rings. The van der Waals surface area contributed by atoms with Crippen LogP contribution < -0.4 is 16.4 Å². The number of amides is 2. The number of thiophene rings is 1. The highest BCUT2D eigenvalue weighted by Crippen LogP contribution is 2.55. The molecule has 2 saturated carbocycles. The summed E-state index contributed by atoms with van der Waals surface area (Å²) in [6, 6.07) is 6.60. The van der Waals surface area contributed by atoms with E-state index in [0.717, 1.165) is 4.88 Å². The summed E-state index contributed by atoms with van der Waals surface area (Å²) in [6.45, 7) is 0.395. The van der Waals surface area contributed by atoms with Gasteiger partial charge in [0, 0.05) is 35.3 Å². The van der Waals surface area contributed by atoms with E-state index in [4.69, 9.17) is 5.73 Å². The van der Waals surface area contributed by atoms with E-state index in [1.807, 2.05) is 17.5 Å². The van der Waals surface area contributed by atoms with Gasteiger partial charge in [0.1, 0.15) is 11.5 Å². The zero-order valence-corrected chi connectivity index (χ0v) is 23.4. The number of carbonyl (C=O) groups is 4. The van der Waals surface area contributed by atoms with E-state index in [1.165, 1.54) is 23.5 Å². The molecule has 3 aliphatic carbocycles. The van der Waals surface area contributed by atoms with Crippen LogP contribution in [-0.2, 0) is 25.7 Å². The van der Waals surface area contributed by atoms with Crippen molar-refractivity contribution in [1.82, 2.24) is 5.32 Å². The first kappa shape index (κ1) is 31.5. The number of hydrogen-bond donors (Lipinski definition) is 7. The molecule has 14 heteroatoms. The third kappa shape index (κ3) is 5.11. The van der Waals surface area contributed by atoms with Crippen LogP contribution in [0.25, 0.3) is 5.76 Å². The highest BCUT2D eigenvalue weighted by molar-refractivity contribution is 7.09. The number of phenolic OH excluding ortho intramolecular Hbond substituents is 1. The van der Waals surface area contributed by atoms with Crippen LogP contribution >= 0.6 is 36.2 Å². The van der Waals surface area contributed by atoms with Crippen molar-refractivity contribution in [3.05, 3.63) is 51.2 Å². The minimum Gasteiger partial charge on any atom is -0.507 e. The minimum atomic E-state index is -2.46. The largest absolute Gasteiger partial charge is 0.507 e. The molecule has 2 amide bonds. The van der Waals surface area contributed by atoms with Crippen molar-refractivity contribution < 1.29 is 39.6 Å². The van der Waals surface area contributed by atoms with Gasteiger partial charge in [0.15, 0.2) is 11.4 Å². The third-order valence-corrected chi connectivity index (χ3v) is 8.55. The fourth-order valence-corrected chi connectivity index (χ4v) is 6.64. The quantitative estimate of drug-likeness (QED) is 0.186. The van der Waals surface area contributed by atoms with E-state index in [0.29, 0.717) is 6.54 Å². The minimum absolute atomic E-state index is 0. The first-order chi connectivity index (χ1) is 18.0. The number of anilines is 1. The van der Waals surface area contributed by atoms with E-state index >= 15 is 0 Å². The molecule has 0 spiro atoms. The zero-order chi connectivity index (χ0) is 27.4. The van der Waals surface area contributed by atoms with Crippen LogP contribution in [0.5, 0.6) is 5.75 Å². The lowest BCUT2D eigenvalue weighted by Gasteiger charge is -2.48. The first-order valence-electron chi connectivity index (χ1n) is 12.1. The molecule has 0 bridgehead atoms. The molecule has 1 aromatic carbocycles. The smallest absolute Gasteiger partial charge is 0.238 e. The van der Waals surface area contributed by atoms with Crippen molar-refractivity contribution in [3.63, 3.8) is 0 Å². The van der Waals surface area contributed by atoms with E-state index in [-0.39, 0.29) is 66.6 Å². The standard InChI is InChI=1S/C26H27N3O8S.2ClH/c27-25(36)19-14-3-4-16(29-18(32)10-28-9-13-2-1-5-38-13)22(33)20(14)23(34)21-15(19)7-11-6-12(30)8-17(31)26(11,37)24(21)35;;/h1-5,11-12,15,19,28,30,33-34,37H,6-10H2,(H2,27,36)(H,29,32);2*1H. The Balaban J connectivity index is 0.00000220. The summed E-state index contributed by atoms with van der Waals surface area (Å²) in [5.41, 5.74) is 2.67. The number of primary amides is 1. The summed E-state index contributed by atoms with van der Waals surface area (Å²) in [7, 11) is 0. The zero-order valence-electron chi connectivity index (χ0n) is 21.0. The van der Waals surface area contributed by atoms with Crippen LogP contribution in [0.4, 0.5) is 5.69 Å². The lowest BCUT2D eigenvalue weighted by atomic mass is 9.56. The fourth-order valence-electron chi connectivity index (χ4n) is 5.97. The number of Topliss-reactive ketones (excluding diaryl/α,β-unsaturated/α-hetero) is 2. The summed E-state index contributed by atoms with van der Waals surface area (Å²) in [6.07, 6.45) is -1.56. The van der Waals surface area contributed by atoms with E-state index < -0.39 is 70.8 Å². The average molecular weight is 615 g/mol. The van der Waals surface area contributed by atoms with Crippen molar-refractivity contribution in [2.75, 3.05) is 11.9 Å². The van der Waals surface area contributed by atoms with Crippen molar-refractivity contribution in [2.24, 2.45) is 17.6 Å². The summed E-state index contributed by atoms with van der Waals surface area (Å²) >= 11 is 1.53. The molecule has 8 N–H and O–H groups in total. The van der Waals surface area contributed by atoms with Gasteiger partial charge in [0.25, 0.3) is 0 Å². The molecule has 40 heavy (non-hydrogen) atoms. The molecular formula is C26H29Cl2N3O8S. The number of nitrogens with two attached hydrogens (primary N) is 1. The first-order valence-corrected chi connectivity index (χ1v) is 13.0. The molecule has 1 heterocycles. The number of aliphatic hydroxyl groups excluding tert-OH is 2. The SMILES string of the molecule is Cl.Cl.NC(=O)C1c2ccc(NC(=O)CNCc3cccs3)c(O)c2C(O)=C2C(=O)C3(O)C(=O)CC(O)CC3CC21. The number of hydrogen-bond acceptors (Lipinski definition) is 10. The van der Waals surface area contributed by atoms with Crippen molar-refractivity contribution in [1.29, 1.82) is 0 Å². The van der Waals surface area contributed by atoms with Crippen LogP contribution in [0, 0.1) is 11.8 Å². The average Bonchev–Trinajstić information content (AvgIpc) is 3.36. The number of aliphatic hydroxyl groups is 3. The monoisotopic (exact) mass is 613 g/mol. The highest BCUT2D eigenvalue weighted by atomic mass is 35.5. The number of benzene rings is 1. The van der Waals surface area contributed by atoms with Gasteiger partial charge in [-0.15, -0.1) is 36.2 Å². The van der Waals surface area contributed by atoms with Gasteiger partial charge in [-0.05, 0) is 35.9 Å². The fraction of sp³-hybridized carbons (Fsp3) is 0.385. The molecule has 2 aromatic rings. The van der Waals surface area contributed by atoms with Gasteiger partial charge < -0.3 is 36.8 Å². The topological polar surface area (TPSA) is 199 Å². The second-order valence-corrected chi connectivity index (χ2v) is 11.0. The molecule has 1 aromatic heterocycles. The molecule has 5 atom stereocenters. The number of halogens is 2. The molecule has 0 aliphatic heterocycles. The lowest BCUT2D eigenvalue weighted by Crippen LogP contribution is -2.62. The Morgan fingerprint density at radius 1 is 1.12 bits per heavy atom. The van der Waals surface area contributed by atoms with Gasteiger partial charge in [0.05, 0.1) is 29.8 Å². The Morgan fingerprint density at radius 3 is 2.50 bits per heavy atom. The summed E-state index contributed by atoms with van der Waals surface area (Å²) in [5, 5.41) is 50.9. The number of phenols is 1. The van der Waals surface area contributed by atoms with Crippen LogP contribution in [0.1, 0.15) is 41.2 Å². The third-order valence-electron chi connectivity index (χ3n) is 7.68. The van der Waals surface area contributed by atoms with E-state index in [1.54, 1.807) is 0 Å². The highest BCUT2D eigenvalue weighted by Gasteiger charge is 2.62. The normalized spacial score (nSPS) is 26.9. The molecule has 0 radical (unpaired) electrons. The molecule has 5 rings (SSSR count). The Hall–Kier alpha value is -3.00. The van der Waals surface area contributed by atoms with Gasteiger partial charge in [-0.2, -0.15) is 0 Å². The van der Waals surface area contributed by atoms with Crippen molar-refractivity contribution >= 4 is 71.0 Å². The van der Waals surface area contributed by atoms with Crippen LogP contribution in [-0.4, -0.2) is 62.1 Å². The van der Waals surface area contributed by atoms with Crippen molar-refractivity contribution in [2.45, 2.75) is 43.4 Å². The molecule has 0 saturated heterocycles. The molecule has 216 valence electrons. The summed E-state index contributed by atoms with van der Waals surface area (Å²) in [4.78, 5) is 52.3. The molecular weight excluding hydrogens is 585 g/mol. The second-order valence-electron chi connectivity index (χ2n) is 9.95. The van der Waals surface area contributed by atoms with Gasteiger partial charge in [-0.1, -0.05) is 12.1 Å². The Labute approximate surface area is 245 Å². The van der Waals surface area contributed by atoms with Crippen LogP contribution in [0.15, 0.2) is 35.2 Å². The summed E-state index contributed by atoms with van der Waals surface area (Å²) < 4.78 is 0. The predicted molar refractivity (Wildman–Crippen MR) is 151 cm³/mol. The van der Waals surface area contributed by atoms with Gasteiger partial charge in [0.2, 0.25) is 17.6 Å². The predicted octanol–water partition coefficient (Wildman–Crippen LogP) is 1.54. The Bertz CT molecular complexity index is 1380. The van der Waals surface area contributed by atoms with Gasteiger partial charge in [-0.3, -0.25) is 19.2 Å². The Morgan fingerprint density at radius 2 is 1.85 bits per heavy atom. The van der Waals surface area contributed by atoms with Crippen LogP contribution in [0.2, 0.25) is 0 Å². The maximum absolute atomic E-state index is 13.5. The van der Waals surface area contributed by atoms with E-state index in [9.17, 15) is 39.6 Å². The lowest BCUT2D eigenvalue weighted by molar-refractivity contribution is -0.167. The number of rotatable bonds is 6. The molecule has 5 unspecified atom stereocenters. The van der Waals surface area contributed by atoms with Gasteiger partial charge in [-0.25, -0.2) is 0 Å². The van der Waals surface area contributed by atoms with Gasteiger partial charge >= 0.3 is 0 Å². The molecule has 2 fully saturated rings. The number of fused-ring (bicyclic) bond motifs is 3. The number of ketones is 2. The maximum atomic E-state index is 13.5. The number of carbonyl (C=O) groups excluding carboxylic acids is 4. The van der Waals surface area contributed by atoms with Crippen LogP contribution in [0.3, 0.4) is 0 Å². The number of nitrogens with one attached hydrogen (secondary N) is 2. The second kappa shape index (κ2) is 11.9. The summed E-state index contributed by atoms with van der Waals surface area (Å²) in [5.74, 6) is -7.65.